The van der Waals surface area contributed by atoms with Crippen LogP contribution in [-0.2, 0) is 6.54 Å². The van der Waals surface area contributed by atoms with E-state index in [1.165, 1.54) is 12.8 Å². The van der Waals surface area contributed by atoms with Gasteiger partial charge in [-0.05, 0) is 37.1 Å². The number of methoxy groups -OCH3 is 1. The van der Waals surface area contributed by atoms with E-state index in [-0.39, 0.29) is 5.91 Å². The Labute approximate surface area is 124 Å². The third kappa shape index (κ3) is 3.24. The molecule has 0 saturated heterocycles. The maximum absolute atomic E-state index is 12.0. The molecule has 0 atom stereocenters. The number of ether oxygens (including phenoxy) is 1. The van der Waals surface area contributed by atoms with E-state index in [4.69, 9.17) is 4.74 Å². The Hall–Kier alpha value is -2.30. The van der Waals surface area contributed by atoms with Crippen LogP contribution in [0.5, 0.6) is 5.75 Å². The van der Waals surface area contributed by atoms with Gasteiger partial charge in [0.25, 0.3) is 5.91 Å². The van der Waals surface area contributed by atoms with E-state index >= 15 is 0 Å². The Bertz CT molecular complexity index is 615. The van der Waals surface area contributed by atoms with E-state index < -0.39 is 0 Å². The molecule has 5 nitrogen and oxygen atoms in total. The van der Waals surface area contributed by atoms with Crippen molar-refractivity contribution in [3.05, 3.63) is 48.0 Å². The first kappa shape index (κ1) is 13.7. The second-order valence-electron chi connectivity index (χ2n) is 5.24. The Morgan fingerprint density at radius 3 is 2.81 bits per heavy atom. The molecule has 1 N–H and O–H groups in total. The summed E-state index contributed by atoms with van der Waals surface area (Å²) in [5, 5.41) is 2.93. The van der Waals surface area contributed by atoms with Crippen molar-refractivity contribution in [2.75, 3.05) is 13.7 Å². The zero-order chi connectivity index (χ0) is 14.7. The van der Waals surface area contributed by atoms with Crippen LogP contribution in [0.1, 0.15) is 34.9 Å². The molecule has 1 aromatic heterocycles. The fourth-order valence-corrected chi connectivity index (χ4v) is 2.35. The van der Waals surface area contributed by atoms with Crippen LogP contribution in [0, 0.1) is 0 Å². The fourth-order valence-electron chi connectivity index (χ4n) is 2.35. The predicted octanol–water partition coefficient (Wildman–Crippen LogP) is 2.20. The molecule has 5 heteroatoms. The molecule has 1 fully saturated rings. The Balaban J connectivity index is 1.52. The predicted molar refractivity (Wildman–Crippen MR) is 79.5 cm³/mol. The third-order valence-corrected chi connectivity index (χ3v) is 3.68. The van der Waals surface area contributed by atoms with Crippen LogP contribution in [0.4, 0.5) is 0 Å². The fraction of sp³-hybridized carbons (Fsp3) is 0.375. The van der Waals surface area contributed by atoms with Gasteiger partial charge in [-0.2, -0.15) is 0 Å². The molecule has 0 radical (unpaired) electrons. The number of carbonyl (C=O) groups is 1. The first-order valence-electron chi connectivity index (χ1n) is 7.21. The first-order chi connectivity index (χ1) is 10.3. The van der Waals surface area contributed by atoms with Gasteiger partial charge in [-0.25, -0.2) is 4.98 Å². The van der Waals surface area contributed by atoms with Crippen molar-refractivity contribution in [2.45, 2.75) is 25.3 Å². The highest BCUT2D eigenvalue weighted by atomic mass is 16.5. The molecule has 1 heterocycles. The number of carbonyl (C=O) groups excluding carboxylic acids is 1. The van der Waals surface area contributed by atoms with Gasteiger partial charge in [0.2, 0.25) is 0 Å². The van der Waals surface area contributed by atoms with Crippen molar-refractivity contribution >= 4 is 5.91 Å². The van der Waals surface area contributed by atoms with E-state index in [1.54, 1.807) is 31.4 Å². The van der Waals surface area contributed by atoms with E-state index in [2.05, 4.69) is 14.9 Å². The van der Waals surface area contributed by atoms with Crippen LogP contribution in [0.3, 0.4) is 0 Å². The molecule has 21 heavy (non-hydrogen) atoms. The Morgan fingerprint density at radius 2 is 2.14 bits per heavy atom. The van der Waals surface area contributed by atoms with Gasteiger partial charge in [0.05, 0.1) is 7.11 Å². The summed E-state index contributed by atoms with van der Waals surface area (Å²) >= 11 is 0. The topological polar surface area (TPSA) is 56.1 Å². The minimum absolute atomic E-state index is 0.0641. The van der Waals surface area contributed by atoms with Gasteiger partial charge in [-0.1, -0.05) is 0 Å². The summed E-state index contributed by atoms with van der Waals surface area (Å²) in [5.41, 5.74) is 0.642. The molecule has 1 aliphatic rings. The highest BCUT2D eigenvalue weighted by Gasteiger charge is 2.27. The maximum atomic E-state index is 12.0. The Kier molecular flexibility index (Phi) is 3.90. The summed E-state index contributed by atoms with van der Waals surface area (Å²) < 4.78 is 7.21. The zero-order valence-electron chi connectivity index (χ0n) is 12.1. The molecule has 0 bridgehead atoms. The molecule has 1 saturated carbocycles. The molecule has 0 aliphatic heterocycles. The minimum Gasteiger partial charge on any atom is -0.497 e. The number of nitrogens with zero attached hydrogens (tertiary/aromatic N) is 2. The largest absolute Gasteiger partial charge is 0.497 e. The van der Waals surface area contributed by atoms with Crippen LogP contribution in [0.25, 0.3) is 0 Å². The van der Waals surface area contributed by atoms with Crippen molar-refractivity contribution in [3.63, 3.8) is 0 Å². The third-order valence-electron chi connectivity index (χ3n) is 3.68. The zero-order valence-corrected chi connectivity index (χ0v) is 12.1. The van der Waals surface area contributed by atoms with Crippen LogP contribution < -0.4 is 10.1 Å². The van der Waals surface area contributed by atoms with Gasteiger partial charge in [0.15, 0.2) is 0 Å². The van der Waals surface area contributed by atoms with Crippen molar-refractivity contribution in [1.82, 2.24) is 14.9 Å². The number of hydrogen-bond donors (Lipinski definition) is 1. The summed E-state index contributed by atoms with van der Waals surface area (Å²) in [5.74, 6) is 2.45. The normalized spacial score (nSPS) is 14.0. The second kappa shape index (κ2) is 5.99. The summed E-state index contributed by atoms with van der Waals surface area (Å²) in [7, 11) is 1.61. The molecule has 3 rings (SSSR count). The second-order valence-corrected chi connectivity index (χ2v) is 5.24. The van der Waals surface area contributed by atoms with Crippen molar-refractivity contribution in [2.24, 2.45) is 0 Å². The SMILES string of the molecule is COc1ccc(C(=O)NCCn2ccnc2C2CC2)cc1. The number of aromatic nitrogens is 2. The van der Waals surface area contributed by atoms with Crippen molar-refractivity contribution in [1.29, 1.82) is 0 Å². The highest BCUT2D eigenvalue weighted by Crippen LogP contribution is 2.38. The number of rotatable bonds is 6. The van der Waals surface area contributed by atoms with Gasteiger partial charge in [0, 0.05) is 37.0 Å². The number of imidazole rings is 1. The lowest BCUT2D eigenvalue weighted by Gasteiger charge is -2.09. The lowest BCUT2D eigenvalue weighted by molar-refractivity contribution is 0.0952. The lowest BCUT2D eigenvalue weighted by atomic mass is 10.2. The van der Waals surface area contributed by atoms with Gasteiger partial charge in [0.1, 0.15) is 11.6 Å². The van der Waals surface area contributed by atoms with Gasteiger partial charge in [-0.15, -0.1) is 0 Å². The summed E-state index contributed by atoms with van der Waals surface area (Å²) in [6, 6.07) is 7.11. The monoisotopic (exact) mass is 285 g/mol. The van der Waals surface area contributed by atoms with Crippen LogP contribution in [0.2, 0.25) is 0 Å². The van der Waals surface area contributed by atoms with Crippen molar-refractivity contribution < 1.29 is 9.53 Å². The quantitative estimate of drug-likeness (QED) is 0.885. The molecule has 1 amide bonds. The average Bonchev–Trinajstić information content (AvgIpc) is 3.26. The van der Waals surface area contributed by atoms with Crippen LogP contribution >= 0.6 is 0 Å². The van der Waals surface area contributed by atoms with E-state index in [9.17, 15) is 4.79 Å². The van der Waals surface area contributed by atoms with Gasteiger partial charge < -0.3 is 14.6 Å². The van der Waals surface area contributed by atoms with Crippen LogP contribution in [0.15, 0.2) is 36.7 Å². The molecular weight excluding hydrogens is 266 g/mol. The van der Waals surface area contributed by atoms with E-state index in [1.807, 2.05) is 12.4 Å². The number of amides is 1. The van der Waals surface area contributed by atoms with Crippen molar-refractivity contribution in [3.8, 4) is 5.75 Å². The van der Waals surface area contributed by atoms with E-state index in [0.717, 1.165) is 18.1 Å². The van der Waals surface area contributed by atoms with Gasteiger partial charge in [-0.3, -0.25) is 4.79 Å². The van der Waals surface area contributed by atoms with E-state index in [0.29, 0.717) is 18.0 Å². The standard InChI is InChI=1S/C16H19N3O2/c1-21-14-6-4-13(5-7-14)16(20)18-9-11-19-10-8-17-15(19)12-2-3-12/h4-8,10,12H,2-3,9,11H2,1H3,(H,18,20). The summed E-state index contributed by atoms with van der Waals surface area (Å²) in [4.78, 5) is 16.4. The molecule has 1 aromatic carbocycles. The highest BCUT2D eigenvalue weighted by molar-refractivity contribution is 5.94. The molecule has 0 unspecified atom stereocenters. The smallest absolute Gasteiger partial charge is 0.251 e. The Morgan fingerprint density at radius 1 is 1.38 bits per heavy atom. The van der Waals surface area contributed by atoms with Gasteiger partial charge >= 0.3 is 0 Å². The first-order valence-corrected chi connectivity index (χ1v) is 7.21. The molecule has 110 valence electrons. The number of hydrogen-bond acceptors (Lipinski definition) is 3. The molecule has 0 spiro atoms. The van der Waals surface area contributed by atoms with Crippen LogP contribution in [-0.4, -0.2) is 29.1 Å². The number of nitrogens with one attached hydrogen (secondary N) is 1. The molecule has 2 aromatic rings. The summed E-state index contributed by atoms with van der Waals surface area (Å²) in [6.07, 6.45) is 6.27. The lowest BCUT2D eigenvalue weighted by Crippen LogP contribution is -2.27. The number of benzene rings is 1. The summed E-state index contributed by atoms with van der Waals surface area (Å²) in [6.45, 7) is 1.36. The molecular formula is C16H19N3O2. The average molecular weight is 285 g/mol. The minimum atomic E-state index is -0.0641. The molecule has 1 aliphatic carbocycles. The maximum Gasteiger partial charge on any atom is 0.251 e.